The second-order valence-electron chi connectivity index (χ2n) is 8.51. The highest BCUT2D eigenvalue weighted by Crippen LogP contribution is 2.66. The number of nitrogens with one attached hydrogen (secondary N) is 2. The topological polar surface area (TPSA) is 151 Å². The second kappa shape index (κ2) is 7.61. The lowest BCUT2D eigenvalue weighted by Crippen LogP contribution is -2.60. The van der Waals surface area contributed by atoms with Gasteiger partial charge in [0, 0.05) is 6.42 Å². The third-order valence-corrected chi connectivity index (χ3v) is 4.87. The van der Waals surface area contributed by atoms with Gasteiger partial charge in [0.15, 0.2) is 0 Å². The number of ether oxygens (including phenoxy) is 1. The van der Waals surface area contributed by atoms with Crippen LogP contribution >= 0.6 is 0 Å². The van der Waals surface area contributed by atoms with Crippen LogP contribution in [0, 0.1) is 11.3 Å². The molecular weight excluding hydrogens is 356 g/mol. The zero-order chi connectivity index (χ0) is 20.4. The minimum absolute atomic E-state index is 0.0307. The van der Waals surface area contributed by atoms with Crippen molar-refractivity contribution in [3.63, 3.8) is 0 Å². The van der Waals surface area contributed by atoms with E-state index in [0.29, 0.717) is 17.3 Å². The standard InChI is InChI=1S/C17H28N4O6/c1-16(2,3)27-14(24)19-11(9-17-6-10(7-17)8-17)13(23)20-21(15(25)26)5-4-12(18)22/h10-11H,4-9H2,1-3H3,(H2,18,22)(H,19,24)(H,20,23)(H,25,26). The minimum atomic E-state index is -1.42. The largest absolute Gasteiger partial charge is 0.464 e. The molecule has 4 amide bonds. The molecule has 0 radical (unpaired) electrons. The summed E-state index contributed by atoms with van der Waals surface area (Å²) in [7, 11) is 0. The Balaban J connectivity index is 2.01. The van der Waals surface area contributed by atoms with E-state index in [4.69, 9.17) is 10.5 Å². The molecule has 0 aromatic heterocycles. The van der Waals surface area contributed by atoms with E-state index < -0.39 is 35.6 Å². The molecule has 3 fully saturated rings. The highest BCUT2D eigenvalue weighted by molar-refractivity contribution is 5.87. The average Bonchev–Trinajstić information content (AvgIpc) is 2.41. The Morgan fingerprint density at radius 2 is 1.85 bits per heavy atom. The molecule has 0 aromatic rings. The van der Waals surface area contributed by atoms with Crippen molar-refractivity contribution < 1.29 is 29.0 Å². The summed E-state index contributed by atoms with van der Waals surface area (Å²) in [6.07, 6.45) is 1.05. The Morgan fingerprint density at radius 3 is 2.26 bits per heavy atom. The van der Waals surface area contributed by atoms with Gasteiger partial charge < -0.3 is 20.9 Å². The number of rotatable bonds is 7. The molecule has 0 spiro atoms. The van der Waals surface area contributed by atoms with Crippen LogP contribution in [0.5, 0.6) is 0 Å². The second-order valence-corrected chi connectivity index (χ2v) is 8.51. The molecule has 3 saturated carbocycles. The Kier molecular flexibility index (Phi) is 5.86. The fourth-order valence-corrected chi connectivity index (χ4v) is 3.63. The number of nitrogens with zero attached hydrogens (tertiary/aromatic N) is 1. The van der Waals surface area contributed by atoms with Crippen LogP contribution in [0.4, 0.5) is 9.59 Å². The SMILES string of the molecule is CC(C)(C)OC(=O)NC(CC12CC(C1)C2)C(=O)NN(CCC(N)=O)C(=O)O. The molecule has 27 heavy (non-hydrogen) atoms. The Bertz CT molecular complexity index is 612. The summed E-state index contributed by atoms with van der Waals surface area (Å²) in [5.41, 5.74) is 6.58. The van der Waals surface area contributed by atoms with E-state index in [9.17, 15) is 24.3 Å². The fraction of sp³-hybridized carbons (Fsp3) is 0.765. The van der Waals surface area contributed by atoms with Crippen molar-refractivity contribution in [2.75, 3.05) is 6.54 Å². The van der Waals surface area contributed by atoms with Gasteiger partial charge in [-0.15, -0.1) is 0 Å². The Morgan fingerprint density at radius 1 is 1.26 bits per heavy atom. The maximum Gasteiger partial charge on any atom is 0.426 e. The molecule has 3 rings (SSSR count). The minimum Gasteiger partial charge on any atom is -0.464 e. The lowest BCUT2D eigenvalue weighted by atomic mass is 9.43. The van der Waals surface area contributed by atoms with Crippen molar-refractivity contribution in [3.05, 3.63) is 0 Å². The van der Waals surface area contributed by atoms with Crippen molar-refractivity contribution in [1.29, 1.82) is 0 Å². The maximum atomic E-state index is 12.6. The highest BCUT2D eigenvalue weighted by Gasteiger charge is 2.57. The van der Waals surface area contributed by atoms with Crippen LogP contribution in [-0.4, -0.2) is 52.3 Å². The van der Waals surface area contributed by atoms with Gasteiger partial charge in [-0.2, -0.15) is 0 Å². The first kappa shape index (κ1) is 20.8. The number of carbonyl (C=O) groups excluding carboxylic acids is 3. The summed E-state index contributed by atoms with van der Waals surface area (Å²) in [6.45, 7) is 4.85. The van der Waals surface area contributed by atoms with E-state index in [1.54, 1.807) is 20.8 Å². The normalized spacial score (nSPS) is 23.9. The van der Waals surface area contributed by atoms with Gasteiger partial charge in [0.2, 0.25) is 5.91 Å². The zero-order valence-electron chi connectivity index (χ0n) is 15.9. The number of hydrazine groups is 1. The van der Waals surface area contributed by atoms with Gasteiger partial charge in [-0.05, 0) is 57.8 Å². The number of alkyl carbamates (subject to hydrolysis) is 1. The average molecular weight is 384 g/mol. The van der Waals surface area contributed by atoms with E-state index in [1.165, 1.54) is 0 Å². The van der Waals surface area contributed by atoms with Crippen molar-refractivity contribution in [2.24, 2.45) is 17.1 Å². The first-order valence-electron chi connectivity index (χ1n) is 8.98. The molecule has 5 N–H and O–H groups in total. The molecule has 152 valence electrons. The summed E-state index contributed by atoms with van der Waals surface area (Å²) in [5, 5.41) is 12.3. The molecule has 3 aliphatic carbocycles. The third kappa shape index (κ3) is 5.73. The van der Waals surface area contributed by atoms with Crippen LogP contribution < -0.4 is 16.5 Å². The van der Waals surface area contributed by atoms with Crippen molar-refractivity contribution in [3.8, 4) is 0 Å². The summed E-state index contributed by atoms with van der Waals surface area (Å²) < 4.78 is 5.21. The molecule has 3 aliphatic rings. The van der Waals surface area contributed by atoms with Gasteiger partial charge in [-0.25, -0.2) is 14.6 Å². The molecule has 0 aromatic carbocycles. The predicted molar refractivity (Wildman–Crippen MR) is 94.2 cm³/mol. The summed E-state index contributed by atoms with van der Waals surface area (Å²) in [4.78, 5) is 46.9. The van der Waals surface area contributed by atoms with E-state index in [0.717, 1.165) is 19.3 Å². The van der Waals surface area contributed by atoms with Gasteiger partial charge in [0.05, 0.1) is 6.54 Å². The molecule has 10 nitrogen and oxygen atoms in total. The van der Waals surface area contributed by atoms with E-state index in [-0.39, 0.29) is 18.4 Å². The van der Waals surface area contributed by atoms with E-state index in [2.05, 4.69) is 10.7 Å². The fourth-order valence-electron chi connectivity index (χ4n) is 3.63. The van der Waals surface area contributed by atoms with Gasteiger partial charge in [0.25, 0.3) is 5.91 Å². The third-order valence-electron chi connectivity index (χ3n) is 4.87. The first-order chi connectivity index (χ1) is 12.4. The molecule has 0 aliphatic heterocycles. The number of hydrogen-bond acceptors (Lipinski definition) is 5. The summed E-state index contributed by atoms with van der Waals surface area (Å²) in [6, 6.07) is -0.934. The Hall–Kier alpha value is -2.52. The van der Waals surface area contributed by atoms with Crippen LogP contribution in [0.25, 0.3) is 0 Å². The molecule has 0 heterocycles. The molecular formula is C17H28N4O6. The van der Waals surface area contributed by atoms with Crippen LogP contribution in [0.1, 0.15) is 52.9 Å². The van der Waals surface area contributed by atoms with Crippen molar-refractivity contribution in [1.82, 2.24) is 15.8 Å². The monoisotopic (exact) mass is 384 g/mol. The van der Waals surface area contributed by atoms with Gasteiger partial charge in [0.1, 0.15) is 11.6 Å². The van der Waals surface area contributed by atoms with Crippen LogP contribution in [0.3, 0.4) is 0 Å². The summed E-state index contributed by atoms with van der Waals surface area (Å²) >= 11 is 0. The van der Waals surface area contributed by atoms with E-state index in [1.807, 2.05) is 0 Å². The highest BCUT2D eigenvalue weighted by atomic mass is 16.6. The maximum absolute atomic E-state index is 12.6. The molecule has 10 heteroatoms. The lowest BCUT2D eigenvalue weighted by Gasteiger charge is -2.63. The van der Waals surface area contributed by atoms with Gasteiger partial charge in [-0.3, -0.25) is 15.0 Å². The number of amides is 4. The number of carbonyl (C=O) groups is 4. The van der Waals surface area contributed by atoms with Crippen molar-refractivity contribution in [2.45, 2.75) is 64.5 Å². The molecule has 1 atom stereocenters. The van der Waals surface area contributed by atoms with E-state index >= 15 is 0 Å². The number of primary amides is 1. The van der Waals surface area contributed by atoms with Crippen LogP contribution in [-0.2, 0) is 14.3 Å². The van der Waals surface area contributed by atoms with Crippen molar-refractivity contribution >= 4 is 24.0 Å². The quantitative estimate of drug-likeness (QED) is 0.480. The number of carboxylic acid groups (broad SMARTS) is 1. The van der Waals surface area contributed by atoms with Gasteiger partial charge in [-0.1, -0.05) is 0 Å². The number of nitrogens with two attached hydrogens (primary N) is 1. The van der Waals surface area contributed by atoms with Crippen LogP contribution in [0.15, 0.2) is 0 Å². The van der Waals surface area contributed by atoms with Gasteiger partial charge >= 0.3 is 12.2 Å². The molecule has 2 bridgehead atoms. The first-order valence-corrected chi connectivity index (χ1v) is 8.98. The number of hydrogen-bond donors (Lipinski definition) is 4. The lowest BCUT2D eigenvalue weighted by molar-refractivity contribution is -0.140. The summed E-state index contributed by atoms with van der Waals surface area (Å²) in [5.74, 6) is -0.661. The Labute approximate surface area is 157 Å². The molecule has 1 unspecified atom stereocenters. The zero-order valence-corrected chi connectivity index (χ0v) is 15.9. The predicted octanol–water partition coefficient (Wildman–Crippen LogP) is 0.957. The smallest absolute Gasteiger partial charge is 0.426 e. The van der Waals surface area contributed by atoms with Crippen LogP contribution in [0.2, 0.25) is 0 Å². The molecule has 0 saturated heterocycles.